The Hall–Kier alpha value is -1.72. The predicted octanol–water partition coefficient (Wildman–Crippen LogP) is 3.16. The maximum Gasteiger partial charge on any atom is 0.0480 e. The van der Waals surface area contributed by atoms with Crippen LogP contribution >= 0.6 is 0 Å². The van der Waals surface area contributed by atoms with Gasteiger partial charge in [0.05, 0.1) is 0 Å². The van der Waals surface area contributed by atoms with Gasteiger partial charge in [0.15, 0.2) is 0 Å². The van der Waals surface area contributed by atoms with E-state index < -0.39 is 0 Å². The molecule has 2 heteroatoms. The summed E-state index contributed by atoms with van der Waals surface area (Å²) in [6.07, 6.45) is 9.32. The van der Waals surface area contributed by atoms with Crippen LogP contribution in [-0.4, -0.2) is 11.1 Å². The average Bonchev–Trinajstić information content (AvgIpc) is 2.79. The minimum absolute atomic E-state index is 0.845. The lowest BCUT2D eigenvalue weighted by atomic mass is 10.1. The molecule has 0 radical (unpaired) electrons. The third-order valence-corrected chi connectivity index (χ3v) is 3.13. The van der Waals surface area contributed by atoms with Gasteiger partial charge >= 0.3 is 0 Å². The normalized spacial score (nSPS) is 10.7. The summed E-state index contributed by atoms with van der Waals surface area (Å²) in [5, 5.41) is 4.66. The molecule has 0 aliphatic rings. The van der Waals surface area contributed by atoms with Gasteiger partial charge in [0.25, 0.3) is 0 Å². The zero-order valence-electron chi connectivity index (χ0n) is 10.9. The van der Waals surface area contributed by atoms with E-state index in [9.17, 15) is 0 Å². The summed E-state index contributed by atoms with van der Waals surface area (Å²) in [6, 6.07) is 8.84. The Morgan fingerprint density at radius 2 is 2.22 bits per heavy atom. The summed E-state index contributed by atoms with van der Waals surface area (Å²) in [5.41, 5.74) is 2.64. The van der Waals surface area contributed by atoms with Crippen LogP contribution in [0.5, 0.6) is 0 Å². The molecule has 0 amide bonds. The lowest BCUT2D eigenvalue weighted by molar-refractivity contribution is 0.676. The highest BCUT2D eigenvalue weighted by Gasteiger charge is 2.01. The Morgan fingerprint density at radius 1 is 1.33 bits per heavy atom. The first-order chi connectivity index (χ1) is 8.85. The summed E-state index contributed by atoms with van der Waals surface area (Å²) in [7, 11) is 0. The van der Waals surface area contributed by atoms with Crippen molar-refractivity contribution in [2.24, 2.45) is 0 Å². The van der Waals surface area contributed by atoms with Crippen molar-refractivity contribution in [2.75, 3.05) is 6.54 Å². The number of fused-ring (bicyclic) bond motifs is 1. The fraction of sp³-hybridized carbons (Fsp3) is 0.375. The topological polar surface area (TPSA) is 17.0 Å². The monoisotopic (exact) mass is 240 g/mol. The highest BCUT2D eigenvalue weighted by atomic mass is 14.9. The van der Waals surface area contributed by atoms with Crippen molar-refractivity contribution >= 4 is 10.9 Å². The Labute approximate surface area is 109 Å². The smallest absolute Gasteiger partial charge is 0.0480 e. The lowest BCUT2D eigenvalue weighted by Crippen LogP contribution is -2.11. The zero-order valence-corrected chi connectivity index (χ0v) is 10.9. The Kier molecular flexibility index (Phi) is 4.44. The molecule has 0 bridgehead atoms. The number of benzene rings is 1. The van der Waals surface area contributed by atoms with Crippen molar-refractivity contribution < 1.29 is 0 Å². The summed E-state index contributed by atoms with van der Waals surface area (Å²) < 4.78 is 2.28. The second-order valence-electron chi connectivity index (χ2n) is 4.49. The number of nitrogens with one attached hydrogen (secondary N) is 1. The number of terminal acetylenes is 1. The zero-order chi connectivity index (χ0) is 12.8. The molecule has 0 aliphatic heterocycles. The summed E-state index contributed by atoms with van der Waals surface area (Å²) in [5.74, 6) is 2.69. The van der Waals surface area contributed by atoms with Gasteiger partial charge in [-0.25, -0.2) is 0 Å². The molecule has 0 atom stereocenters. The van der Waals surface area contributed by atoms with E-state index >= 15 is 0 Å². The number of aryl methyl sites for hydroxylation is 1. The van der Waals surface area contributed by atoms with E-state index in [1.54, 1.807) is 0 Å². The minimum Gasteiger partial charge on any atom is -0.347 e. The van der Waals surface area contributed by atoms with Gasteiger partial charge in [0, 0.05) is 31.2 Å². The molecule has 1 N–H and O–H groups in total. The van der Waals surface area contributed by atoms with Gasteiger partial charge in [-0.05, 0) is 42.1 Å². The third kappa shape index (κ3) is 2.94. The molecule has 2 aromatic rings. The fourth-order valence-corrected chi connectivity index (χ4v) is 2.18. The van der Waals surface area contributed by atoms with E-state index in [4.69, 9.17) is 6.42 Å². The number of unbranched alkanes of at least 4 members (excludes halogenated alkanes) is 1. The molecule has 1 heterocycles. The molecular weight excluding hydrogens is 220 g/mol. The molecule has 0 saturated carbocycles. The van der Waals surface area contributed by atoms with Crippen molar-refractivity contribution in [1.29, 1.82) is 0 Å². The standard InChI is InChI=1S/C16H20N2/c1-3-5-6-10-18-11-9-15-12-14(13-17-4-2)7-8-16(15)18/h1,7-9,11-12,17H,4-6,10,13H2,2H3. The van der Waals surface area contributed by atoms with Crippen molar-refractivity contribution in [3.05, 3.63) is 36.0 Å². The van der Waals surface area contributed by atoms with Crippen molar-refractivity contribution in [3.8, 4) is 12.3 Å². The van der Waals surface area contributed by atoms with Gasteiger partial charge in [-0.2, -0.15) is 0 Å². The lowest BCUT2D eigenvalue weighted by Gasteiger charge is -2.05. The quantitative estimate of drug-likeness (QED) is 0.606. The maximum absolute atomic E-state index is 5.28. The van der Waals surface area contributed by atoms with Crippen LogP contribution in [0.4, 0.5) is 0 Å². The molecule has 94 valence electrons. The van der Waals surface area contributed by atoms with Gasteiger partial charge in [-0.3, -0.25) is 0 Å². The largest absolute Gasteiger partial charge is 0.347 e. The van der Waals surface area contributed by atoms with E-state index in [-0.39, 0.29) is 0 Å². The van der Waals surface area contributed by atoms with Gasteiger partial charge in [0.2, 0.25) is 0 Å². The third-order valence-electron chi connectivity index (χ3n) is 3.13. The Bertz CT molecular complexity index is 546. The summed E-state index contributed by atoms with van der Waals surface area (Å²) >= 11 is 0. The fourth-order valence-electron chi connectivity index (χ4n) is 2.18. The Morgan fingerprint density at radius 3 is 3.00 bits per heavy atom. The van der Waals surface area contributed by atoms with Crippen LogP contribution in [-0.2, 0) is 13.1 Å². The van der Waals surface area contributed by atoms with Gasteiger partial charge in [0.1, 0.15) is 0 Å². The summed E-state index contributed by atoms with van der Waals surface area (Å²) in [4.78, 5) is 0. The van der Waals surface area contributed by atoms with Crippen LogP contribution in [0.2, 0.25) is 0 Å². The van der Waals surface area contributed by atoms with E-state index in [0.717, 1.165) is 32.5 Å². The first-order valence-electron chi connectivity index (χ1n) is 6.57. The van der Waals surface area contributed by atoms with Crippen LogP contribution in [0.1, 0.15) is 25.3 Å². The minimum atomic E-state index is 0.845. The van der Waals surface area contributed by atoms with Gasteiger partial charge < -0.3 is 9.88 Å². The molecule has 0 saturated heterocycles. The van der Waals surface area contributed by atoms with Crippen molar-refractivity contribution in [1.82, 2.24) is 9.88 Å². The molecule has 0 aliphatic carbocycles. The molecule has 18 heavy (non-hydrogen) atoms. The first-order valence-corrected chi connectivity index (χ1v) is 6.57. The molecule has 2 nitrogen and oxygen atoms in total. The Balaban J connectivity index is 2.13. The van der Waals surface area contributed by atoms with Crippen molar-refractivity contribution in [2.45, 2.75) is 32.9 Å². The molecule has 0 unspecified atom stereocenters. The highest BCUT2D eigenvalue weighted by Crippen LogP contribution is 2.18. The van der Waals surface area contributed by atoms with E-state index in [1.165, 1.54) is 16.5 Å². The van der Waals surface area contributed by atoms with Crippen LogP contribution in [0.25, 0.3) is 10.9 Å². The number of hydrogen-bond donors (Lipinski definition) is 1. The number of aromatic nitrogens is 1. The van der Waals surface area contributed by atoms with Crippen LogP contribution < -0.4 is 5.32 Å². The van der Waals surface area contributed by atoms with Gasteiger partial charge in [-0.1, -0.05) is 13.0 Å². The number of hydrogen-bond acceptors (Lipinski definition) is 1. The highest BCUT2D eigenvalue weighted by molar-refractivity contribution is 5.80. The molecule has 1 aromatic heterocycles. The second kappa shape index (κ2) is 6.28. The second-order valence-corrected chi connectivity index (χ2v) is 4.49. The van der Waals surface area contributed by atoms with E-state index in [0.29, 0.717) is 0 Å². The SMILES string of the molecule is C#CCCCn1ccc2cc(CNCC)ccc21. The summed E-state index contributed by atoms with van der Waals surface area (Å²) in [6.45, 7) is 5.07. The van der Waals surface area contributed by atoms with Crippen LogP contribution in [0, 0.1) is 12.3 Å². The van der Waals surface area contributed by atoms with E-state index in [1.807, 2.05) is 0 Å². The van der Waals surface area contributed by atoms with Gasteiger partial charge in [-0.15, -0.1) is 12.3 Å². The maximum atomic E-state index is 5.28. The molecule has 2 rings (SSSR count). The number of rotatable bonds is 6. The molecular formula is C16H20N2. The molecule has 0 spiro atoms. The molecule has 0 fully saturated rings. The van der Waals surface area contributed by atoms with Crippen LogP contribution in [0.3, 0.4) is 0 Å². The molecule has 1 aromatic carbocycles. The predicted molar refractivity (Wildman–Crippen MR) is 77.4 cm³/mol. The average molecular weight is 240 g/mol. The number of nitrogens with zero attached hydrogens (tertiary/aromatic N) is 1. The van der Waals surface area contributed by atoms with E-state index in [2.05, 4.69) is 53.2 Å². The van der Waals surface area contributed by atoms with Crippen molar-refractivity contribution in [3.63, 3.8) is 0 Å². The first kappa shape index (κ1) is 12.7. The van der Waals surface area contributed by atoms with Crippen LogP contribution in [0.15, 0.2) is 30.5 Å².